The van der Waals surface area contributed by atoms with Crippen molar-refractivity contribution in [3.63, 3.8) is 0 Å². The minimum absolute atomic E-state index is 0.00170. The molecule has 2 rings (SSSR count). The van der Waals surface area contributed by atoms with Gasteiger partial charge < -0.3 is 0 Å². The molecule has 18 heavy (non-hydrogen) atoms. The number of nitrogens with zero attached hydrogens (tertiary/aromatic N) is 1. The Bertz CT molecular complexity index is 615. The van der Waals surface area contributed by atoms with E-state index in [1.165, 1.54) is 24.3 Å². The van der Waals surface area contributed by atoms with Crippen molar-refractivity contribution < 1.29 is 17.6 Å². The number of hydrogen-bond donors (Lipinski definition) is 0. The van der Waals surface area contributed by atoms with Crippen LogP contribution in [-0.4, -0.2) is 0 Å². The van der Waals surface area contributed by atoms with E-state index in [0.29, 0.717) is 0 Å². The molecule has 0 aromatic heterocycles. The summed E-state index contributed by atoms with van der Waals surface area (Å²) in [7, 11) is 0. The molecule has 0 saturated carbocycles. The number of halogens is 4. The Morgan fingerprint density at radius 2 is 1.28 bits per heavy atom. The Hall–Kier alpha value is -2.35. The van der Waals surface area contributed by atoms with Crippen LogP contribution in [0.2, 0.25) is 0 Å². The zero-order valence-electron chi connectivity index (χ0n) is 8.85. The van der Waals surface area contributed by atoms with E-state index in [9.17, 15) is 17.6 Å². The number of hydrogen-bond acceptors (Lipinski definition) is 0. The molecule has 0 heterocycles. The fourth-order valence-electron chi connectivity index (χ4n) is 1.58. The van der Waals surface area contributed by atoms with Gasteiger partial charge in [-0.3, -0.25) is 0 Å². The summed E-state index contributed by atoms with van der Waals surface area (Å²) in [5.41, 5.74) is -2.08. The SMILES string of the molecule is [C-]#[N+]c1c(F)c(F)c(-c2ccccc2)c(F)c1F. The lowest BCUT2D eigenvalue weighted by Crippen LogP contribution is -1.99. The third kappa shape index (κ3) is 1.72. The Labute approximate surface area is 100 Å². The largest absolute Gasteiger partial charge is 0.262 e. The summed E-state index contributed by atoms with van der Waals surface area (Å²) >= 11 is 0. The summed E-state index contributed by atoms with van der Waals surface area (Å²) in [5, 5.41) is 0. The van der Waals surface area contributed by atoms with Crippen LogP contribution in [0.5, 0.6) is 0 Å². The van der Waals surface area contributed by atoms with E-state index in [1.807, 2.05) is 0 Å². The van der Waals surface area contributed by atoms with Gasteiger partial charge in [-0.2, -0.15) is 0 Å². The predicted molar refractivity (Wildman–Crippen MR) is 58.0 cm³/mol. The van der Waals surface area contributed by atoms with Crippen LogP contribution in [0.15, 0.2) is 30.3 Å². The van der Waals surface area contributed by atoms with E-state index >= 15 is 0 Å². The van der Waals surface area contributed by atoms with Crippen LogP contribution in [0.3, 0.4) is 0 Å². The van der Waals surface area contributed by atoms with Crippen LogP contribution in [0.25, 0.3) is 16.0 Å². The first kappa shape index (κ1) is 12.1. The molecule has 1 nitrogen and oxygen atoms in total. The van der Waals surface area contributed by atoms with Gasteiger partial charge in [0.2, 0.25) is 0 Å². The Morgan fingerprint density at radius 1 is 0.778 bits per heavy atom. The zero-order chi connectivity index (χ0) is 13.3. The first-order chi connectivity index (χ1) is 8.57. The molecule has 0 N–H and O–H groups in total. The maximum atomic E-state index is 13.7. The van der Waals surface area contributed by atoms with Gasteiger partial charge in [-0.25, -0.2) is 22.4 Å². The van der Waals surface area contributed by atoms with Gasteiger partial charge in [-0.1, -0.05) is 30.3 Å². The Morgan fingerprint density at radius 3 is 1.72 bits per heavy atom. The normalized spacial score (nSPS) is 10.2. The lowest BCUT2D eigenvalue weighted by atomic mass is 10.0. The molecule has 0 atom stereocenters. The molecule has 90 valence electrons. The molecule has 0 saturated heterocycles. The topological polar surface area (TPSA) is 4.36 Å². The number of rotatable bonds is 1. The van der Waals surface area contributed by atoms with Crippen LogP contribution in [0.1, 0.15) is 0 Å². The average Bonchev–Trinajstić information content (AvgIpc) is 2.39. The molecule has 2 aromatic carbocycles. The van der Waals surface area contributed by atoms with Gasteiger partial charge in [-0.15, -0.1) is 0 Å². The van der Waals surface area contributed by atoms with Crippen LogP contribution < -0.4 is 0 Å². The quantitative estimate of drug-likeness (QED) is 0.400. The highest BCUT2D eigenvalue weighted by Crippen LogP contribution is 2.35. The molecule has 2 aromatic rings. The second-order valence-electron chi connectivity index (χ2n) is 3.46. The third-order valence-electron chi connectivity index (χ3n) is 2.41. The van der Waals surface area contributed by atoms with E-state index in [0.717, 1.165) is 0 Å². The molecule has 0 aliphatic carbocycles. The lowest BCUT2D eigenvalue weighted by Gasteiger charge is -2.08. The molecule has 0 aliphatic rings. The Balaban J connectivity index is 2.83. The summed E-state index contributed by atoms with van der Waals surface area (Å²) in [6, 6.07) is 7.19. The Kier molecular flexibility index (Phi) is 3.02. The van der Waals surface area contributed by atoms with Gasteiger partial charge in [0.05, 0.1) is 12.1 Å². The molecule has 0 radical (unpaired) electrons. The van der Waals surface area contributed by atoms with E-state index < -0.39 is 34.5 Å². The van der Waals surface area contributed by atoms with E-state index in [2.05, 4.69) is 4.85 Å². The molecule has 0 unspecified atom stereocenters. The minimum atomic E-state index is -1.68. The van der Waals surface area contributed by atoms with Crippen molar-refractivity contribution in [3.8, 4) is 11.1 Å². The van der Waals surface area contributed by atoms with Gasteiger partial charge in [0.25, 0.3) is 5.69 Å². The molecule has 5 heteroatoms. The second kappa shape index (κ2) is 4.49. The lowest BCUT2D eigenvalue weighted by molar-refractivity contribution is 0.465. The van der Waals surface area contributed by atoms with Crippen molar-refractivity contribution in [2.45, 2.75) is 0 Å². The van der Waals surface area contributed by atoms with Crippen molar-refractivity contribution in [3.05, 3.63) is 65.0 Å². The van der Waals surface area contributed by atoms with E-state index in [1.54, 1.807) is 6.07 Å². The van der Waals surface area contributed by atoms with Gasteiger partial charge in [0, 0.05) is 0 Å². The average molecular weight is 251 g/mol. The fraction of sp³-hybridized carbons (Fsp3) is 0. The molecular weight excluding hydrogens is 246 g/mol. The smallest absolute Gasteiger partial charge is 0.232 e. The van der Waals surface area contributed by atoms with Crippen molar-refractivity contribution in [1.82, 2.24) is 0 Å². The standard InChI is InChI=1S/C13H5F4N/c1-18-13-11(16)9(14)8(10(15)12(13)17)7-5-3-2-4-6-7/h2-6H. The fourth-order valence-corrected chi connectivity index (χ4v) is 1.58. The van der Waals surface area contributed by atoms with E-state index in [4.69, 9.17) is 6.57 Å². The van der Waals surface area contributed by atoms with Crippen LogP contribution in [0.4, 0.5) is 23.2 Å². The van der Waals surface area contributed by atoms with Crippen LogP contribution in [-0.2, 0) is 0 Å². The third-order valence-corrected chi connectivity index (χ3v) is 2.41. The monoisotopic (exact) mass is 251 g/mol. The molecule has 0 spiro atoms. The summed E-state index contributed by atoms with van der Waals surface area (Å²) < 4.78 is 54.1. The molecular formula is C13H5F4N. The van der Waals surface area contributed by atoms with Gasteiger partial charge in [0.1, 0.15) is 0 Å². The van der Waals surface area contributed by atoms with E-state index in [-0.39, 0.29) is 5.56 Å². The molecule has 0 fully saturated rings. The molecule has 0 amide bonds. The maximum absolute atomic E-state index is 13.7. The van der Waals surface area contributed by atoms with Gasteiger partial charge in [-0.05, 0) is 5.56 Å². The minimum Gasteiger partial charge on any atom is -0.232 e. The van der Waals surface area contributed by atoms with Gasteiger partial charge >= 0.3 is 0 Å². The van der Waals surface area contributed by atoms with Crippen molar-refractivity contribution in [1.29, 1.82) is 0 Å². The second-order valence-corrected chi connectivity index (χ2v) is 3.46. The van der Waals surface area contributed by atoms with Crippen molar-refractivity contribution in [2.75, 3.05) is 0 Å². The van der Waals surface area contributed by atoms with Gasteiger partial charge in [0.15, 0.2) is 23.3 Å². The highest BCUT2D eigenvalue weighted by molar-refractivity contribution is 5.68. The summed E-state index contributed by atoms with van der Waals surface area (Å²) in [5.74, 6) is -6.48. The van der Waals surface area contributed by atoms with Crippen molar-refractivity contribution in [2.24, 2.45) is 0 Å². The van der Waals surface area contributed by atoms with Crippen LogP contribution in [0, 0.1) is 29.8 Å². The summed E-state index contributed by atoms with van der Waals surface area (Å²) in [4.78, 5) is 2.45. The molecule has 0 bridgehead atoms. The highest BCUT2D eigenvalue weighted by atomic mass is 19.2. The molecule has 0 aliphatic heterocycles. The highest BCUT2D eigenvalue weighted by Gasteiger charge is 2.26. The summed E-state index contributed by atoms with van der Waals surface area (Å²) in [6.45, 7) is 6.51. The first-order valence-electron chi connectivity index (χ1n) is 4.86. The maximum Gasteiger partial charge on any atom is 0.262 e. The zero-order valence-corrected chi connectivity index (χ0v) is 8.85. The van der Waals surface area contributed by atoms with Crippen molar-refractivity contribution >= 4 is 5.69 Å². The first-order valence-corrected chi connectivity index (χ1v) is 4.86. The van der Waals surface area contributed by atoms with Crippen LogP contribution >= 0.6 is 0 Å². The number of benzene rings is 2. The summed E-state index contributed by atoms with van der Waals surface area (Å²) in [6.07, 6.45) is 0. The predicted octanol–water partition coefficient (Wildman–Crippen LogP) is 4.46.